The van der Waals surface area contributed by atoms with Gasteiger partial charge < -0.3 is 10.9 Å². The standard InChI is InChI=1S/C15H24N2O2/c16-17-10-14-12-8-7-11(9-12)13(14)5-3-1-2-4-6-15(18)19/h1,3,10-14H,2,4-9,16H2,(H,18,19)/b3-1-,17-10?. The van der Waals surface area contributed by atoms with Crippen molar-refractivity contribution >= 4 is 12.2 Å². The van der Waals surface area contributed by atoms with Crippen LogP contribution in [0, 0.1) is 23.7 Å². The van der Waals surface area contributed by atoms with E-state index in [1.54, 1.807) is 0 Å². The number of carbonyl (C=O) groups is 1. The van der Waals surface area contributed by atoms with E-state index in [-0.39, 0.29) is 6.42 Å². The molecule has 4 heteroatoms. The fourth-order valence-electron chi connectivity index (χ4n) is 3.88. The fourth-order valence-corrected chi connectivity index (χ4v) is 3.88. The van der Waals surface area contributed by atoms with Crippen molar-refractivity contribution in [3.8, 4) is 0 Å². The van der Waals surface area contributed by atoms with Crippen LogP contribution in [0.3, 0.4) is 0 Å². The Balaban J connectivity index is 1.75. The number of rotatable bonds is 7. The van der Waals surface area contributed by atoms with Gasteiger partial charge in [-0.05, 0) is 56.3 Å². The zero-order valence-corrected chi connectivity index (χ0v) is 11.4. The number of carboxylic acid groups (broad SMARTS) is 1. The van der Waals surface area contributed by atoms with E-state index in [1.807, 2.05) is 6.21 Å². The van der Waals surface area contributed by atoms with E-state index in [9.17, 15) is 4.79 Å². The van der Waals surface area contributed by atoms with Crippen molar-refractivity contribution in [2.24, 2.45) is 34.6 Å². The lowest BCUT2D eigenvalue weighted by Gasteiger charge is -2.27. The molecule has 106 valence electrons. The smallest absolute Gasteiger partial charge is 0.303 e. The monoisotopic (exact) mass is 264 g/mol. The molecule has 0 saturated heterocycles. The molecule has 0 aromatic heterocycles. The number of carboxylic acids is 1. The minimum Gasteiger partial charge on any atom is -0.481 e. The van der Waals surface area contributed by atoms with Gasteiger partial charge in [-0.3, -0.25) is 4.79 Å². The van der Waals surface area contributed by atoms with E-state index < -0.39 is 5.97 Å². The molecule has 4 nitrogen and oxygen atoms in total. The molecule has 0 heterocycles. The molecule has 0 aromatic rings. The number of allylic oxidation sites excluding steroid dienone is 2. The Labute approximate surface area is 114 Å². The molecule has 0 amide bonds. The summed E-state index contributed by atoms with van der Waals surface area (Å²) in [4.78, 5) is 10.4. The Kier molecular flexibility index (Phi) is 5.00. The summed E-state index contributed by atoms with van der Waals surface area (Å²) >= 11 is 0. The molecule has 19 heavy (non-hydrogen) atoms. The summed E-state index contributed by atoms with van der Waals surface area (Å²) in [6.45, 7) is 0. The number of unbranched alkanes of at least 4 members (excludes halogenated alkanes) is 1. The molecule has 4 atom stereocenters. The molecule has 3 N–H and O–H groups in total. The Bertz CT molecular complexity index is 365. The Morgan fingerprint density at radius 2 is 2.11 bits per heavy atom. The third-order valence-corrected chi connectivity index (χ3v) is 4.75. The minimum absolute atomic E-state index is 0.265. The second-order valence-corrected chi connectivity index (χ2v) is 5.87. The average molecular weight is 264 g/mol. The van der Waals surface area contributed by atoms with Crippen molar-refractivity contribution < 1.29 is 9.90 Å². The maximum absolute atomic E-state index is 10.4. The van der Waals surface area contributed by atoms with Gasteiger partial charge in [0.1, 0.15) is 0 Å². The van der Waals surface area contributed by atoms with Gasteiger partial charge in [0.25, 0.3) is 0 Å². The van der Waals surface area contributed by atoms with Crippen LogP contribution in [-0.4, -0.2) is 17.3 Å². The third kappa shape index (κ3) is 3.58. The number of hydrogen-bond donors (Lipinski definition) is 2. The molecule has 0 aliphatic heterocycles. The molecule has 0 radical (unpaired) electrons. The number of aliphatic carboxylic acids is 1. The predicted molar refractivity (Wildman–Crippen MR) is 75.7 cm³/mol. The molecule has 0 spiro atoms. The van der Waals surface area contributed by atoms with Gasteiger partial charge in [-0.2, -0.15) is 5.10 Å². The summed E-state index contributed by atoms with van der Waals surface area (Å²) in [7, 11) is 0. The van der Waals surface area contributed by atoms with Crippen molar-refractivity contribution in [1.82, 2.24) is 0 Å². The lowest BCUT2D eigenvalue weighted by Crippen LogP contribution is -2.23. The number of nitrogens with zero attached hydrogens (tertiary/aromatic N) is 1. The van der Waals surface area contributed by atoms with Crippen LogP contribution >= 0.6 is 0 Å². The Morgan fingerprint density at radius 3 is 2.84 bits per heavy atom. The van der Waals surface area contributed by atoms with Gasteiger partial charge in [0.2, 0.25) is 0 Å². The molecule has 2 fully saturated rings. The Morgan fingerprint density at radius 1 is 1.32 bits per heavy atom. The van der Waals surface area contributed by atoms with Gasteiger partial charge in [-0.15, -0.1) is 0 Å². The van der Waals surface area contributed by atoms with Crippen molar-refractivity contribution in [1.29, 1.82) is 0 Å². The summed E-state index contributed by atoms with van der Waals surface area (Å²) in [5.74, 6) is 7.51. The molecular weight excluding hydrogens is 240 g/mol. The van der Waals surface area contributed by atoms with Crippen LogP contribution in [0.5, 0.6) is 0 Å². The third-order valence-electron chi connectivity index (χ3n) is 4.75. The van der Waals surface area contributed by atoms with E-state index in [1.165, 1.54) is 19.3 Å². The molecule has 2 saturated carbocycles. The predicted octanol–water partition coefficient (Wildman–Crippen LogP) is 2.79. The number of fused-ring (bicyclic) bond motifs is 2. The second-order valence-electron chi connectivity index (χ2n) is 5.87. The van der Waals surface area contributed by atoms with Gasteiger partial charge in [0.15, 0.2) is 0 Å². The van der Waals surface area contributed by atoms with E-state index in [0.717, 1.165) is 31.1 Å². The number of nitrogens with two attached hydrogens (primary N) is 1. The van der Waals surface area contributed by atoms with Crippen molar-refractivity contribution in [2.75, 3.05) is 0 Å². The second kappa shape index (κ2) is 6.73. The van der Waals surface area contributed by atoms with Crippen LogP contribution in [0.4, 0.5) is 0 Å². The molecule has 4 unspecified atom stereocenters. The average Bonchev–Trinajstić information content (AvgIpc) is 2.95. The highest BCUT2D eigenvalue weighted by Gasteiger charge is 2.45. The van der Waals surface area contributed by atoms with E-state index >= 15 is 0 Å². The highest BCUT2D eigenvalue weighted by molar-refractivity contribution is 5.66. The molecule has 2 rings (SSSR count). The maximum Gasteiger partial charge on any atom is 0.303 e. The molecule has 2 aliphatic carbocycles. The topological polar surface area (TPSA) is 75.7 Å². The normalized spacial score (nSPS) is 33.7. The van der Waals surface area contributed by atoms with Gasteiger partial charge in [0, 0.05) is 18.6 Å². The van der Waals surface area contributed by atoms with E-state index in [4.69, 9.17) is 10.9 Å². The number of hydrogen-bond acceptors (Lipinski definition) is 3. The van der Waals surface area contributed by atoms with Crippen LogP contribution < -0.4 is 5.84 Å². The van der Waals surface area contributed by atoms with Gasteiger partial charge in [-0.1, -0.05) is 12.2 Å². The van der Waals surface area contributed by atoms with Crippen LogP contribution in [0.25, 0.3) is 0 Å². The first kappa shape index (κ1) is 14.1. The van der Waals surface area contributed by atoms with Crippen LogP contribution in [0.1, 0.15) is 44.9 Å². The quantitative estimate of drug-likeness (QED) is 0.244. The van der Waals surface area contributed by atoms with Crippen LogP contribution in [0.15, 0.2) is 17.3 Å². The van der Waals surface area contributed by atoms with Crippen molar-refractivity contribution in [2.45, 2.75) is 44.9 Å². The van der Waals surface area contributed by atoms with E-state index in [2.05, 4.69) is 17.3 Å². The summed E-state index contributed by atoms with van der Waals surface area (Å²) in [6.07, 6.45) is 13.3. The first-order chi connectivity index (χ1) is 9.22. The van der Waals surface area contributed by atoms with Crippen molar-refractivity contribution in [3.05, 3.63) is 12.2 Å². The molecule has 0 aromatic carbocycles. The van der Waals surface area contributed by atoms with E-state index in [0.29, 0.717) is 11.8 Å². The van der Waals surface area contributed by atoms with Crippen LogP contribution in [-0.2, 0) is 4.79 Å². The van der Waals surface area contributed by atoms with Crippen molar-refractivity contribution in [3.63, 3.8) is 0 Å². The van der Waals surface area contributed by atoms with Gasteiger partial charge in [-0.25, -0.2) is 0 Å². The molecular formula is C15H24N2O2. The molecule has 2 aliphatic rings. The maximum atomic E-state index is 10.4. The summed E-state index contributed by atoms with van der Waals surface area (Å²) in [5, 5.41) is 12.3. The fraction of sp³-hybridized carbons (Fsp3) is 0.733. The summed E-state index contributed by atoms with van der Waals surface area (Å²) in [6, 6.07) is 0. The van der Waals surface area contributed by atoms with Crippen LogP contribution in [0.2, 0.25) is 0 Å². The SMILES string of the molecule is NN=CC1C2CCC(C2)C1C/C=C\CCCC(=O)O. The first-order valence-corrected chi connectivity index (χ1v) is 7.32. The molecule has 2 bridgehead atoms. The minimum atomic E-state index is -0.708. The highest BCUT2D eigenvalue weighted by Crippen LogP contribution is 2.52. The lowest BCUT2D eigenvalue weighted by atomic mass is 9.78. The zero-order valence-electron chi connectivity index (χ0n) is 11.4. The largest absolute Gasteiger partial charge is 0.481 e. The summed E-state index contributed by atoms with van der Waals surface area (Å²) < 4.78 is 0. The first-order valence-electron chi connectivity index (χ1n) is 7.32. The lowest BCUT2D eigenvalue weighted by molar-refractivity contribution is -0.137. The zero-order chi connectivity index (χ0) is 13.7. The van der Waals surface area contributed by atoms with Gasteiger partial charge in [0.05, 0.1) is 0 Å². The summed E-state index contributed by atoms with van der Waals surface area (Å²) in [5.41, 5.74) is 0. The number of hydrazone groups is 1. The van der Waals surface area contributed by atoms with Gasteiger partial charge >= 0.3 is 5.97 Å². The Hall–Kier alpha value is -1.32. The highest BCUT2D eigenvalue weighted by atomic mass is 16.4.